The van der Waals surface area contributed by atoms with Crippen LogP contribution in [0.5, 0.6) is 0 Å². The van der Waals surface area contributed by atoms with E-state index in [9.17, 15) is 13.2 Å². The molecule has 0 heterocycles. The molecule has 2 aromatic rings. The predicted molar refractivity (Wildman–Crippen MR) is 96.0 cm³/mol. The standard InChI is InChI=1S/C18H20ClNO3S/c1-14(21)15-9-11-17(12-10-15)24(22,23)20-13-5-4-7-16-6-2-3-8-18(16)19/h2-3,6,8-12,20H,4-5,7,13H2,1H3. The number of rotatable bonds is 8. The Morgan fingerprint density at radius 2 is 1.71 bits per heavy atom. The lowest BCUT2D eigenvalue weighted by molar-refractivity contribution is 0.101. The fourth-order valence-corrected chi connectivity index (χ4v) is 3.60. The van der Waals surface area contributed by atoms with Crippen LogP contribution in [0.3, 0.4) is 0 Å². The summed E-state index contributed by atoms with van der Waals surface area (Å²) in [5, 5.41) is 0.739. The van der Waals surface area contributed by atoms with Gasteiger partial charge >= 0.3 is 0 Å². The van der Waals surface area contributed by atoms with Crippen molar-refractivity contribution in [3.63, 3.8) is 0 Å². The second-order valence-electron chi connectivity index (χ2n) is 5.53. The first-order valence-electron chi connectivity index (χ1n) is 7.74. The Morgan fingerprint density at radius 1 is 1.04 bits per heavy atom. The van der Waals surface area contributed by atoms with Crippen LogP contribution >= 0.6 is 11.6 Å². The fourth-order valence-electron chi connectivity index (χ4n) is 2.30. The van der Waals surface area contributed by atoms with Gasteiger partial charge in [0.2, 0.25) is 10.0 Å². The smallest absolute Gasteiger partial charge is 0.240 e. The number of nitrogens with one attached hydrogen (secondary N) is 1. The van der Waals surface area contributed by atoms with Gasteiger partial charge in [0.25, 0.3) is 0 Å². The van der Waals surface area contributed by atoms with Crippen molar-refractivity contribution in [2.45, 2.75) is 31.1 Å². The van der Waals surface area contributed by atoms with E-state index in [4.69, 9.17) is 11.6 Å². The minimum Gasteiger partial charge on any atom is -0.295 e. The Bertz CT molecular complexity index is 801. The number of ketones is 1. The van der Waals surface area contributed by atoms with Crippen LogP contribution in [0.4, 0.5) is 0 Å². The van der Waals surface area contributed by atoms with Crippen LogP contribution in [0.15, 0.2) is 53.4 Å². The lowest BCUT2D eigenvalue weighted by atomic mass is 10.1. The maximum atomic E-state index is 12.2. The van der Waals surface area contributed by atoms with Crippen LogP contribution in [0.2, 0.25) is 5.02 Å². The van der Waals surface area contributed by atoms with Gasteiger partial charge in [0.15, 0.2) is 5.78 Å². The van der Waals surface area contributed by atoms with E-state index in [0.29, 0.717) is 12.1 Å². The van der Waals surface area contributed by atoms with Gasteiger partial charge in [-0.3, -0.25) is 4.79 Å². The molecule has 0 saturated carbocycles. The van der Waals surface area contributed by atoms with Crippen molar-refractivity contribution in [3.8, 4) is 0 Å². The monoisotopic (exact) mass is 365 g/mol. The molecule has 128 valence electrons. The molecular weight excluding hydrogens is 346 g/mol. The average molecular weight is 366 g/mol. The largest absolute Gasteiger partial charge is 0.295 e. The van der Waals surface area contributed by atoms with Crippen LogP contribution in [-0.2, 0) is 16.4 Å². The quantitative estimate of drug-likeness (QED) is 0.571. The molecule has 0 aliphatic carbocycles. The molecule has 0 radical (unpaired) electrons. The van der Waals surface area contributed by atoms with Gasteiger partial charge in [-0.25, -0.2) is 13.1 Å². The van der Waals surface area contributed by atoms with Crippen LogP contribution in [0.25, 0.3) is 0 Å². The number of benzene rings is 2. The number of unbranched alkanes of at least 4 members (excludes halogenated alkanes) is 1. The Kier molecular flexibility index (Phi) is 6.54. The summed E-state index contributed by atoms with van der Waals surface area (Å²) in [6, 6.07) is 13.6. The number of carbonyl (C=O) groups is 1. The Hall–Kier alpha value is -1.69. The van der Waals surface area contributed by atoms with Gasteiger partial charge in [-0.15, -0.1) is 0 Å². The number of Topliss-reactive ketones (excluding diaryl/α,β-unsaturated/α-hetero) is 1. The highest BCUT2D eigenvalue weighted by Gasteiger charge is 2.13. The minimum absolute atomic E-state index is 0.0912. The summed E-state index contributed by atoms with van der Waals surface area (Å²) in [6.45, 7) is 1.81. The van der Waals surface area contributed by atoms with Crippen LogP contribution in [0, 0.1) is 0 Å². The second kappa shape index (κ2) is 8.42. The lowest BCUT2D eigenvalue weighted by Gasteiger charge is -2.08. The molecule has 0 spiro atoms. The van der Waals surface area contributed by atoms with Crippen molar-refractivity contribution in [1.29, 1.82) is 0 Å². The zero-order valence-corrected chi connectivity index (χ0v) is 15.0. The maximum absolute atomic E-state index is 12.2. The van der Waals surface area contributed by atoms with E-state index in [1.165, 1.54) is 31.2 Å². The minimum atomic E-state index is -3.54. The third kappa shape index (κ3) is 5.16. The number of hydrogen-bond donors (Lipinski definition) is 1. The predicted octanol–water partition coefficient (Wildman–Crippen LogP) is 3.84. The first kappa shape index (κ1) is 18.6. The van der Waals surface area contributed by atoms with Crippen LogP contribution in [-0.4, -0.2) is 20.7 Å². The summed E-state index contributed by atoms with van der Waals surface area (Å²) >= 11 is 6.09. The van der Waals surface area contributed by atoms with E-state index in [0.717, 1.165) is 29.8 Å². The molecule has 0 amide bonds. The Balaban J connectivity index is 1.82. The van der Waals surface area contributed by atoms with E-state index >= 15 is 0 Å². The number of carbonyl (C=O) groups excluding carboxylic acids is 1. The van der Waals surface area contributed by atoms with Gasteiger partial charge in [0, 0.05) is 17.1 Å². The van der Waals surface area contributed by atoms with E-state index < -0.39 is 10.0 Å². The number of halogens is 1. The highest BCUT2D eigenvalue weighted by molar-refractivity contribution is 7.89. The normalized spacial score (nSPS) is 11.4. The molecule has 2 rings (SSSR count). The summed E-state index contributed by atoms with van der Waals surface area (Å²) in [4.78, 5) is 11.4. The first-order valence-corrected chi connectivity index (χ1v) is 9.60. The zero-order valence-electron chi connectivity index (χ0n) is 13.5. The molecular formula is C18H20ClNO3S. The molecule has 0 aliphatic heterocycles. The van der Waals surface area contributed by atoms with Crippen molar-refractivity contribution in [2.24, 2.45) is 0 Å². The van der Waals surface area contributed by atoms with Gasteiger partial charge in [0.05, 0.1) is 4.90 Å². The molecule has 0 atom stereocenters. The Morgan fingerprint density at radius 3 is 2.33 bits per heavy atom. The Labute approximate surface area is 147 Å². The summed E-state index contributed by atoms with van der Waals surface area (Å²) in [6.07, 6.45) is 2.38. The van der Waals surface area contributed by atoms with Gasteiger partial charge in [0.1, 0.15) is 0 Å². The lowest BCUT2D eigenvalue weighted by Crippen LogP contribution is -2.24. The molecule has 1 N–H and O–H groups in total. The summed E-state index contributed by atoms with van der Waals surface area (Å²) in [5.41, 5.74) is 1.57. The van der Waals surface area contributed by atoms with Crippen molar-refractivity contribution in [3.05, 3.63) is 64.7 Å². The third-order valence-corrected chi connectivity index (χ3v) is 5.54. The summed E-state index contributed by atoms with van der Waals surface area (Å²) < 4.78 is 26.9. The number of sulfonamides is 1. The van der Waals surface area contributed by atoms with Gasteiger partial charge in [-0.05, 0) is 49.9 Å². The van der Waals surface area contributed by atoms with Crippen molar-refractivity contribution < 1.29 is 13.2 Å². The molecule has 0 unspecified atom stereocenters. The molecule has 4 nitrogen and oxygen atoms in total. The molecule has 24 heavy (non-hydrogen) atoms. The molecule has 0 fully saturated rings. The van der Waals surface area contributed by atoms with Crippen LogP contribution in [0.1, 0.15) is 35.7 Å². The topological polar surface area (TPSA) is 63.2 Å². The summed E-state index contributed by atoms with van der Waals surface area (Å²) in [5.74, 6) is -0.0912. The maximum Gasteiger partial charge on any atom is 0.240 e. The van der Waals surface area contributed by atoms with Crippen molar-refractivity contribution in [1.82, 2.24) is 4.72 Å². The molecule has 0 aromatic heterocycles. The molecule has 6 heteroatoms. The first-order chi connectivity index (χ1) is 11.4. The molecule has 0 bridgehead atoms. The van der Waals surface area contributed by atoms with Crippen LogP contribution < -0.4 is 4.72 Å². The number of aryl methyl sites for hydroxylation is 1. The van der Waals surface area contributed by atoms with Gasteiger partial charge in [-0.1, -0.05) is 41.9 Å². The average Bonchev–Trinajstić information content (AvgIpc) is 2.56. The molecule has 2 aromatic carbocycles. The SMILES string of the molecule is CC(=O)c1ccc(S(=O)(=O)NCCCCc2ccccc2Cl)cc1. The van der Waals surface area contributed by atoms with Crippen molar-refractivity contribution >= 4 is 27.4 Å². The zero-order chi connectivity index (χ0) is 17.6. The highest BCUT2D eigenvalue weighted by atomic mass is 35.5. The highest BCUT2D eigenvalue weighted by Crippen LogP contribution is 2.17. The van der Waals surface area contributed by atoms with E-state index in [1.807, 2.05) is 24.3 Å². The summed E-state index contributed by atoms with van der Waals surface area (Å²) in [7, 11) is -3.54. The molecule has 0 aliphatic rings. The van der Waals surface area contributed by atoms with Gasteiger partial charge in [-0.2, -0.15) is 0 Å². The van der Waals surface area contributed by atoms with E-state index in [2.05, 4.69) is 4.72 Å². The van der Waals surface area contributed by atoms with Gasteiger partial charge < -0.3 is 0 Å². The second-order valence-corrected chi connectivity index (χ2v) is 7.70. The fraction of sp³-hybridized carbons (Fsp3) is 0.278. The number of hydrogen-bond acceptors (Lipinski definition) is 3. The van der Waals surface area contributed by atoms with E-state index in [1.54, 1.807) is 0 Å². The van der Waals surface area contributed by atoms with Crippen molar-refractivity contribution in [2.75, 3.05) is 6.54 Å². The van der Waals surface area contributed by atoms with E-state index in [-0.39, 0.29) is 10.7 Å². The molecule has 0 saturated heterocycles. The third-order valence-electron chi connectivity index (χ3n) is 3.69.